The van der Waals surface area contributed by atoms with Gasteiger partial charge < -0.3 is 5.32 Å². The van der Waals surface area contributed by atoms with E-state index < -0.39 is 0 Å². The molecule has 11 heavy (non-hydrogen) atoms. The van der Waals surface area contributed by atoms with E-state index in [2.05, 4.69) is 22.1 Å². The van der Waals surface area contributed by atoms with Crippen LogP contribution in [-0.2, 0) is 0 Å². The molecule has 1 heterocycles. The van der Waals surface area contributed by atoms with Crippen molar-refractivity contribution >= 4 is 11.6 Å². The van der Waals surface area contributed by atoms with E-state index in [1.807, 2.05) is 0 Å². The van der Waals surface area contributed by atoms with Crippen LogP contribution in [0.2, 0.25) is 0 Å². The third-order valence-electron chi connectivity index (χ3n) is 1.70. The van der Waals surface area contributed by atoms with Crippen molar-refractivity contribution in [3.8, 4) is 11.8 Å². The SMILES string of the molecule is ClCC#CCN1CCNCC1. The Morgan fingerprint density at radius 2 is 2.00 bits per heavy atom. The molecule has 0 spiro atoms. The Bertz CT molecular complexity index is 153. The van der Waals surface area contributed by atoms with Crippen molar-refractivity contribution in [1.82, 2.24) is 10.2 Å². The molecule has 0 aliphatic carbocycles. The van der Waals surface area contributed by atoms with Gasteiger partial charge in [-0.2, -0.15) is 0 Å². The summed E-state index contributed by atoms with van der Waals surface area (Å²) in [5.41, 5.74) is 0. The van der Waals surface area contributed by atoms with Gasteiger partial charge in [0, 0.05) is 26.2 Å². The summed E-state index contributed by atoms with van der Waals surface area (Å²) >= 11 is 5.41. The summed E-state index contributed by atoms with van der Waals surface area (Å²) in [6.45, 7) is 5.26. The van der Waals surface area contributed by atoms with Crippen LogP contribution in [0.15, 0.2) is 0 Å². The third-order valence-corrected chi connectivity index (χ3v) is 1.84. The molecule has 0 aromatic carbocycles. The van der Waals surface area contributed by atoms with E-state index in [-0.39, 0.29) is 0 Å². The summed E-state index contributed by atoms with van der Waals surface area (Å²) < 4.78 is 0. The van der Waals surface area contributed by atoms with Gasteiger partial charge in [0.05, 0.1) is 12.4 Å². The highest BCUT2D eigenvalue weighted by Crippen LogP contribution is 1.89. The molecule has 0 atom stereocenters. The van der Waals surface area contributed by atoms with Crippen molar-refractivity contribution in [2.45, 2.75) is 0 Å². The molecule has 0 aromatic heterocycles. The van der Waals surface area contributed by atoms with Crippen LogP contribution >= 0.6 is 11.6 Å². The zero-order valence-corrected chi connectivity index (χ0v) is 7.32. The molecule has 1 aliphatic heterocycles. The van der Waals surface area contributed by atoms with Crippen molar-refractivity contribution in [3.05, 3.63) is 0 Å². The minimum Gasteiger partial charge on any atom is -0.314 e. The second-order valence-corrected chi connectivity index (χ2v) is 2.78. The normalized spacial score (nSPS) is 19.0. The van der Waals surface area contributed by atoms with E-state index in [1.54, 1.807) is 0 Å². The summed E-state index contributed by atoms with van der Waals surface area (Å²) in [7, 11) is 0. The Hall–Kier alpha value is -0.230. The van der Waals surface area contributed by atoms with Gasteiger partial charge in [0.1, 0.15) is 0 Å². The van der Waals surface area contributed by atoms with Gasteiger partial charge in [-0.15, -0.1) is 11.6 Å². The third kappa shape index (κ3) is 3.62. The standard InChI is InChI=1S/C8H13ClN2/c9-3-1-2-6-11-7-4-10-5-8-11/h10H,3-8H2. The quantitative estimate of drug-likeness (QED) is 0.447. The lowest BCUT2D eigenvalue weighted by molar-refractivity contribution is 0.268. The molecule has 0 unspecified atom stereocenters. The number of hydrogen-bond donors (Lipinski definition) is 1. The van der Waals surface area contributed by atoms with Crippen LogP contribution in [0.5, 0.6) is 0 Å². The number of nitrogens with zero attached hydrogens (tertiary/aromatic N) is 1. The number of piperazine rings is 1. The molecule has 62 valence electrons. The van der Waals surface area contributed by atoms with Crippen LogP contribution in [0.3, 0.4) is 0 Å². The van der Waals surface area contributed by atoms with Gasteiger partial charge in [-0.25, -0.2) is 0 Å². The smallest absolute Gasteiger partial charge is 0.0835 e. The van der Waals surface area contributed by atoms with Gasteiger partial charge in [-0.1, -0.05) is 11.8 Å². The summed E-state index contributed by atoms with van der Waals surface area (Å²) in [5, 5.41) is 3.29. The highest BCUT2D eigenvalue weighted by atomic mass is 35.5. The first-order valence-electron chi connectivity index (χ1n) is 3.88. The maximum Gasteiger partial charge on any atom is 0.0835 e. The largest absolute Gasteiger partial charge is 0.314 e. The Labute approximate surface area is 72.9 Å². The van der Waals surface area contributed by atoms with E-state index in [4.69, 9.17) is 11.6 Å². The second-order valence-electron chi connectivity index (χ2n) is 2.51. The number of hydrogen-bond acceptors (Lipinski definition) is 2. The van der Waals surface area contributed by atoms with Gasteiger partial charge in [0.25, 0.3) is 0 Å². The molecule has 0 saturated carbocycles. The highest BCUT2D eigenvalue weighted by Gasteiger charge is 2.06. The van der Waals surface area contributed by atoms with E-state index in [0.717, 1.165) is 32.7 Å². The van der Waals surface area contributed by atoms with Crippen molar-refractivity contribution in [2.75, 3.05) is 38.6 Å². The molecule has 1 N–H and O–H groups in total. The van der Waals surface area contributed by atoms with E-state index >= 15 is 0 Å². The maximum atomic E-state index is 5.41. The van der Waals surface area contributed by atoms with Crippen LogP contribution in [-0.4, -0.2) is 43.5 Å². The minimum absolute atomic E-state index is 0.450. The summed E-state index contributed by atoms with van der Waals surface area (Å²) in [6, 6.07) is 0. The number of alkyl halides is 1. The summed E-state index contributed by atoms with van der Waals surface area (Å²) in [5.74, 6) is 6.32. The Kier molecular flexibility index (Phi) is 4.37. The molecule has 1 rings (SSSR count). The minimum atomic E-state index is 0.450. The fourth-order valence-corrected chi connectivity index (χ4v) is 1.18. The first-order chi connectivity index (χ1) is 5.43. The highest BCUT2D eigenvalue weighted by molar-refractivity contribution is 6.19. The van der Waals surface area contributed by atoms with Crippen LogP contribution in [0, 0.1) is 11.8 Å². The van der Waals surface area contributed by atoms with Crippen molar-refractivity contribution in [1.29, 1.82) is 0 Å². The monoisotopic (exact) mass is 172 g/mol. The predicted octanol–water partition coefficient (Wildman–Crippen LogP) is 0.134. The van der Waals surface area contributed by atoms with Crippen LogP contribution < -0.4 is 5.32 Å². The summed E-state index contributed by atoms with van der Waals surface area (Å²) in [6.07, 6.45) is 0. The fraction of sp³-hybridized carbons (Fsp3) is 0.750. The van der Waals surface area contributed by atoms with Crippen LogP contribution in [0.1, 0.15) is 0 Å². The average molecular weight is 173 g/mol. The lowest BCUT2D eigenvalue weighted by Crippen LogP contribution is -2.43. The van der Waals surface area contributed by atoms with Gasteiger partial charge in [-0.3, -0.25) is 4.90 Å². The molecular weight excluding hydrogens is 160 g/mol. The van der Waals surface area contributed by atoms with E-state index in [9.17, 15) is 0 Å². The van der Waals surface area contributed by atoms with Crippen LogP contribution in [0.25, 0.3) is 0 Å². The molecule has 1 aliphatic rings. The summed E-state index contributed by atoms with van der Waals surface area (Å²) in [4.78, 5) is 2.33. The van der Waals surface area contributed by atoms with E-state index in [1.165, 1.54) is 0 Å². The number of rotatable bonds is 1. The molecule has 0 radical (unpaired) electrons. The van der Waals surface area contributed by atoms with Gasteiger partial charge in [0.2, 0.25) is 0 Å². The maximum absolute atomic E-state index is 5.41. The first kappa shape index (κ1) is 8.86. The lowest BCUT2D eigenvalue weighted by atomic mass is 10.3. The Morgan fingerprint density at radius 1 is 1.27 bits per heavy atom. The molecule has 0 amide bonds. The molecule has 1 saturated heterocycles. The number of nitrogens with one attached hydrogen (secondary N) is 1. The Morgan fingerprint density at radius 3 is 2.64 bits per heavy atom. The van der Waals surface area contributed by atoms with Crippen molar-refractivity contribution in [2.24, 2.45) is 0 Å². The van der Waals surface area contributed by atoms with Gasteiger partial charge in [0.15, 0.2) is 0 Å². The zero-order chi connectivity index (χ0) is 7.94. The molecule has 2 nitrogen and oxygen atoms in total. The second kappa shape index (κ2) is 5.42. The zero-order valence-electron chi connectivity index (χ0n) is 6.57. The van der Waals surface area contributed by atoms with Crippen molar-refractivity contribution in [3.63, 3.8) is 0 Å². The molecule has 3 heteroatoms. The topological polar surface area (TPSA) is 15.3 Å². The van der Waals surface area contributed by atoms with Gasteiger partial charge >= 0.3 is 0 Å². The Balaban J connectivity index is 2.14. The molecule has 0 bridgehead atoms. The molecule has 1 fully saturated rings. The van der Waals surface area contributed by atoms with Gasteiger partial charge in [-0.05, 0) is 0 Å². The van der Waals surface area contributed by atoms with Crippen LogP contribution in [0.4, 0.5) is 0 Å². The average Bonchev–Trinajstić information content (AvgIpc) is 2.07. The predicted molar refractivity (Wildman–Crippen MR) is 47.8 cm³/mol. The lowest BCUT2D eigenvalue weighted by Gasteiger charge is -2.24. The molecule has 0 aromatic rings. The first-order valence-corrected chi connectivity index (χ1v) is 4.41. The molecular formula is C8H13ClN2. The van der Waals surface area contributed by atoms with Crippen molar-refractivity contribution < 1.29 is 0 Å². The fourth-order valence-electron chi connectivity index (χ4n) is 1.08. The van der Waals surface area contributed by atoms with E-state index in [0.29, 0.717) is 5.88 Å². The number of halogens is 1.